The molecule has 0 saturated carbocycles. The van der Waals surface area contributed by atoms with Gasteiger partial charge in [0.1, 0.15) is 13.2 Å². The first-order valence-corrected chi connectivity index (χ1v) is 22.5. The van der Waals surface area contributed by atoms with Crippen LogP contribution in [0.15, 0.2) is 0 Å². The van der Waals surface area contributed by atoms with Crippen LogP contribution < -0.4 is 0 Å². The average Bonchev–Trinajstić information content (AvgIpc) is 3.12. The Kier molecular flexibility index (Phi) is 39.9. The summed E-state index contributed by atoms with van der Waals surface area (Å²) in [4.78, 5) is 37.4. The predicted molar refractivity (Wildman–Crippen MR) is 215 cm³/mol. The highest BCUT2D eigenvalue weighted by atomic mass is 16.6. The van der Waals surface area contributed by atoms with Gasteiger partial charge in [-0.25, -0.2) is 0 Å². The van der Waals surface area contributed by atoms with Crippen LogP contribution in [-0.4, -0.2) is 37.2 Å². The Balaban J connectivity index is 4.12. The highest BCUT2D eigenvalue weighted by Gasteiger charge is 2.19. The summed E-state index contributed by atoms with van der Waals surface area (Å²) in [5.74, 6) is -0.867. The Morgan fingerprint density at radius 2 is 0.529 bits per heavy atom. The predicted octanol–water partition coefficient (Wildman–Crippen LogP) is 14.1. The summed E-state index contributed by atoms with van der Waals surface area (Å²) >= 11 is 0. The molecule has 0 amide bonds. The summed E-state index contributed by atoms with van der Waals surface area (Å²) in [5.41, 5.74) is 0. The lowest BCUT2D eigenvalue weighted by Crippen LogP contribution is -2.30. The van der Waals surface area contributed by atoms with Crippen LogP contribution in [-0.2, 0) is 28.6 Å². The second kappa shape index (κ2) is 41.2. The highest BCUT2D eigenvalue weighted by molar-refractivity contribution is 5.71. The van der Waals surface area contributed by atoms with Crippen LogP contribution in [0.25, 0.3) is 0 Å². The van der Waals surface area contributed by atoms with E-state index in [2.05, 4.69) is 20.8 Å². The van der Waals surface area contributed by atoms with Gasteiger partial charge < -0.3 is 14.2 Å². The van der Waals surface area contributed by atoms with Crippen LogP contribution in [0.2, 0.25) is 0 Å². The number of unbranched alkanes of at least 4 members (excludes halogenated alkanes) is 30. The van der Waals surface area contributed by atoms with E-state index in [0.29, 0.717) is 19.3 Å². The third kappa shape index (κ3) is 39.5. The lowest BCUT2D eigenvalue weighted by Gasteiger charge is -2.18. The third-order valence-corrected chi connectivity index (χ3v) is 10.1. The summed E-state index contributed by atoms with van der Waals surface area (Å²) in [7, 11) is 0. The number of ether oxygens (including phenoxy) is 3. The maximum Gasteiger partial charge on any atom is 0.306 e. The van der Waals surface area contributed by atoms with Gasteiger partial charge in [0.05, 0.1) is 0 Å². The van der Waals surface area contributed by atoms with Crippen LogP contribution in [0.3, 0.4) is 0 Å². The van der Waals surface area contributed by atoms with Crippen molar-refractivity contribution < 1.29 is 28.6 Å². The molecule has 0 heterocycles. The average molecular weight is 723 g/mol. The Morgan fingerprint density at radius 1 is 0.314 bits per heavy atom. The zero-order chi connectivity index (χ0) is 37.3. The van der Waals surface area contributed by atoms with Crippen molar-refractivity contribution in [3.8, 4) is 0 Å². The van der Waals surface area contributed by atoms with E-state index in [1.807, 2.05) is 0 Å². The number of carbonyl (C=O) groups is 3. The zero-order valence-corrected chi connectivity index (χ0v) is 34.4. The second-order valence-electron chi connectivity index (χ2n) is 15.3. The van der Waals surface area contributed by atoms with Crippen molar-refractivity contribution in [2.45, 2.75) is 258 Å². The van der Waals surface area contributed by atoms with Gasteiger partial charge in [-0.15, -0.1) is 0 Å². The van der Waals surface area contributed by atoms with Gasteiger partial charge in [0.25, 0.3) is 0 Å². The summed E-state index contributed by atoms with van der Waals surface area (Å²) in [6.45, 7) is 6.57. The maximum absolute atomic E-state index is 12.5. The molecule has 0 N–H and O–H groups in total. The number of hydrogen-bond acceptors (Lipinski definition) is 6. The van der Waals surface area contributed by atoms with Gasteiger partial charge in [-0.1, -0.05) is 213 Å². The molecule has 0 spiro atoms. The Morgan fingerprint density at radius 3 is 0.784 bits per heavy atom. The fourth-order valence-electron chi connectivity index (χ4n) is 6.68. The van der Waals surface area contributed by atoms with Gasteiger partial charge in [0.2, 0.25) is 0 Å². The molecule has 0 aromatic carbocycles. The molecular weight excluding hydrogens is 636 g/mol. The van der Waals surface area contributed by atoms with Crippen LogP contribution in [0.5, 0.6) is 0 Å². The maximum atomic E-state index is 12.5. The minimum atomic E-state index is -0.756. The largest absolute Gasteiger partial charge is 0.462 e. The van der Waals surface area contributed by atoms with Gasteiger partial charge in [0.15, 0.2) is 6.10 Å². The lowest BCUT2D eigenvalue weighted by molar-refractivity contribution is -0.167. The van der Waals surface area contributed by atoms with E-state index in [9.17, 15) is 14.4 Å². The van der Waals surface area contributed by atoms with Crippen LogP contribution >= 0.6 is 0 Å². The third-order valence-electron chi connectivity index (χ3n) is 10.1. The topological polar surface area (TPSA) is 78.9 Å². The molecule has 51 heavy (non-hydrogen) atoms. The molecule has 0 radical (unpaired) electrons. The normalized spacial score (nSPS) is 11.8. The van der Waals surface area contributed by atoms with Gasteiger partial charge in [-0.3, -0.25) is 14.4 Å². The van der Waals surface area contributed by atoms with E-state index < -0.39 is 6.10 Å². The minimum absolute atomic E-state index is 0.0643. The Hall–Kier alpha value is -1.59. The molecule has 302 valence electrons. The van der Waals surface area contributed by atoms with E-state index >= 15 is 0 Å². The molecule has 0 bridgehead atoms. The van der Waals surface area contributed by atoms with Crippen molar-refractivity contribution in [1.82, 2.24) is 0 Å². The van der Waals surface area contributed by atoms with Crippen molar-refractivity contribution in [2.75, 3.05) is 13.2 Å². The number of hydrogen-bond donors (Lipinski definition) is 0. The quantitative estimate of drug-likeness (QED) is 0.0355. The standard InChI is InChI=1S/C45H86O6/c1-4-7-10-13-15-17-19-21-22-23-24-26-28-30-33-35-38-44(47)50-41-42(51-45(48)39-36-31-12-9-6-3)40-49-43(46)37-34-32-29-27-25-20-18-16-14-11-8-5-2/h42H,4-41H2,1-3H3/t42-/m1/s1. The Labute approximate surface area is 317 Å². The smallest absolute Gasteiger partial charge is 0.306 e. The molecular formula is C45H86O6. The monoisotopic (exact) mass is 723 g/mol. The van der Waals surface area contributed by atoms with Crippen LogP contribution in [0.4, 0.5) is 0 Å². The van der Waals surface area contributed by atoms with Crippen molar-refractivity contribution in [3.05, 3.63) is 0 Å². The molecule has 0 aromatic rings. The number of rotatable bonds is 41. The van der Waals surface area contributed by atoms with Crippen molar-refractivity contribution in [2.24, 2.45) is 0 Å². The molecule has 0 unspecified atom stereocenters. The fraction of sp³-hybridized carbons (Fsp3) is 0.933. The SMILES string of the molecule is CCCCCCCCCCCCCCCCCCC(=O)OC[C@@H](COC(=O)CCCCCCCCCCCCCC)OC(=O)CCCCCCC. The zero-order valence-electron chi connectivity index (χ0n) is 34.4. The molecule has 0 aliphatic rings. The molecule has 6 nitrogen and oxygen atoms in total. The summed E-state index contributed by atoms with van der Waals surface area (Å²) in [6, 6.07) is 0. The highest BCUT2D eigenvalue weighted by Crippen LogP contribution is 2.16. The summed E-state index contributed by atoms with van der Waals surface area (Å²) < 4.78 is 16.6. The molecule has 0 fully saturated rings. The fourth-order valence-corrected chi connectivity index (χ4v) is 6.68. The van der Waals surface area contributed by atoms with Crippen LogP contribution in [0.1, 0.15) is 252 Å². The molecule has 6 heteroatoms. The van der Waals surface area contributed by atoms with Crippen molar-refractivity contribution in [1.29, 1.82) is 0 Å². The van der Waals surface area contributed by atoms with Gasteiger partial charge >= 0.3 is 17.9 Å². The first-order valence-electron chi connectivity index (χ1n) is 22.5. The molecule has 0 aliphatic heterocycles. The minimum Gasteiger partial charge on any atom is -0.462 e. The van der Waals surface area contributed by atoms with E-state index in [0.717, 1.165) is 64.2 Å². The van der Waals surface area contributed by atoms with E-state index in [1.165, 1.54) is 148 Å². The first kappa shape index (κ1) is 49.4. The second-order valence-corrected chi connectivity index (χ2v) is 15.3. The van der Waals surface area contributed by atoms with Gasteiger partial charge in [-0.2, -0.15) is 0 Å². The first-order chi connectivity index (χ1) is 25.0. The van der Waals surface area contributed by atoms with E-state index in [4.69, 9.17) is 14.2 Å². The summed E-state index contributed by atoms with van der Waals surface area (Å²) in [5, 5.41) is 0. The van der Waals surface area contributed by atoms with Gasteiger partial charge in [0, 0.05) is 19.3 Å². The lowest BCUT2D eigenvalue weighted by atomic mass is 10.0. The van der Waals surface area contributed by atoms with Crippen molar-refractivity contribution in [3.63, 3.8) is 0 Å². The molecule has 0 saturated heterocycles. The molecule has 0 aliphatic carbocycles. The van der Waals surface area contributed by atoms with Crippen LogP contribution in [0, 0.1) is 0 Å². The Bertz CT molecular complexity index is 753. The molecule has 1 atom stereocenters. The number of carbonyl (C=O) groups excluding carboxylic acids is 3. The van der Waals surface area contributed by atoms with E-state index in [1.54, 1.807) is 0 Å². The van der Waals surface area contributed by atoms with Crippen molar-refractivity contribution >= 4 is 17.9 Å². The molecule has 0 rings (SSSR count). The van der Waals surface area contributed by atoms with E-state index in [-0.39, 0.29) is 31.1 Å². The molecule has 0 aromatic heterocycles. The number of esters is 3. The van der Waals surface area contributed by atoms with Gasteiger partial charge in [-0.05, 0) is 19.3 Å². The summed E-state index contributed by atoms with van der Waals surface area (Å²) in [6.07, 6.45) is 41.1.